The Kier molecular flexibility index (Phi) is 5.21. The number of benzene rings is 5. The van der Waals surface area contributed by atoms with Crippen molar-refractivity contribution >= 4 is 38.6 Å². The number of anilines is 3. The smallest absolute Gasteiger partial charge is 0.0463 e. The zero-order chi connectivity index (χ0) is 19.2. The van der Waals surface area contributed by atoms with E-state index in [4.69, 9.17) is 5.73 Å². The Balaban J connectivity index is 0.000000151. The van der Waals surface area contributed by atoms with Gasteiger partial charge in [-0.05, 0) is 35.0 Å². The Labute approximate surface area is 165 Å². The van der Waals surface area contributed by atoms with Crippen molar-refractivity contribution in [3.8, 4) is 0 Å². The van der Waals surface area contributed by atoms with Gasteiger partial charge in [0, 0.05) is 27.8 Å². The van der Waals surface area contributed by atoms with E-state index in [-0.39, 0.29) is 0 Å². The lowest BCUT2D eigenvalue weighted by Crippen LogP contribution is -1.90. The molecule has 0 aliphatic heterocycles. The Morgan fingerprint density at radius 3 is 1.71 bits per heavy atom. The molecule has 0 unspecified atom stereocenters. The molecule has 0 saturated carbocycles. The Morgan fingerprint density at radius 2 is 1.00 bits per heavy atom. The molecule has 0 fully saturated rings. The van der Waals surface area contributed by atoms with E-state index >= 15 is 0 Å². The van der Waals surface area contributed by atoms with Crippen LogP contribution >= 0.6 is 0 Å². The topological polar surface area (TPSA) is 38.0 Å². The van der Waals surface area contributed by atoms with Gasteiger partial charge in [-0.3, -0.25) is 0 Å². The second-order valence-electron chi connectivity index (χ2n) is 6.59. The number of fused-ring (bicyclic) bond motifs is 2. The molecular formula is C26H22N2. The number of nitrogens with one attached hydrogen (secondary N) is 1. The second kappa shape index (κ2) is 8.28. The average Bonchev–Trinajstić information content (AvgIpc) is 2.76. The van der Waals surface area contributed by atoms with E-state index in [1.165, 1.54) is 16.2 Å². The van der Waals surface area contributed by atoms with Gasteiger partial charge in [0.1, 0.15) is 0 Å². The molecule has 0 aliphatic rings. The lowest BCUT2D eigenvalue weighted by Gasteiger charge is -2.09. The molecule has 136 valence electrons. The fraction of sp³-hybridized carbons (Fsp3) is 0. The monoisotopic (exact) mass is 362 g/mol. The SMILES string of the molecule is Nc1cccc2ccccc12.c1ccc(Nc2cccc3ccccc23)cc1. The maximum Gasteiger partial charge on any atom is 0.0463 e. The highest BCUT2D eigenvalue weighted by Crippen LogP contribution is 2.26. The van der Waals surface area contributed by atoms with Crippen molar-refractivity contribution in [1.82, 2.24) is 0 Å². The van der Waals surface area contributed by atoms with Crippen LogP contribution in [0.1, 0.15) is 0 Å². The molecule has 2 heteroatoms. The highest BCUT2D eigenvalue weighted by Gasteiger charge is 1.99. The summed E-state index contributed by atoms with van der Waals surface area (Å²) in [6.45, 7) is 0. The number of nitrogen functional groups attached to an aromatic ring is 1. The highest BCUT2D eigenvalue weighted by atomic mass is 14.9. The molecule has 0 aromatic heterocycles. The molecule has 5 aromatic carbocycles. The first kappa shape index (κ1) is 17.6. The summed E-state index contributed by atoms with van der Waals surface area (Å²) in [5, 5.41) is 8.29. The minimum absolute atomic E-state index is 0.850. The molecule has 0 radical (unpaired) electrons. The fourth-order valence-corrected chi connectivity index (χ4v) is 3.26. The summed E-state index contributed by atoms with van der Waals surface area (Å²) >= 11 is 0. The summed E-state index contributed by atoms with van der Waals surface area (Å²) in [5.74, 6) is 0. The van der Waals surface area contributed by atoms with Gasteiger partial charge in [0.2, 0.25) is 0 Å². The van der Waals surface area contributed by atoms with E-state index in [0.29, 0.717) is 0 Å². The van der Waals surface area contributed by atoms with Crippen molar-refractivity contribution in [2.75, 3.05) is 11.1 Å². The molecule has 5 aromatic rings. The van der Waals surface area contributed by atoms with Crippen molar-refractivity contribution < 1.29 is 0 Å². The summed E-state index contributed by atoms with van der Waals surface area (Å²) < 4.78 is 0. The van der Waals surface area contributed by atoms with Gasteiger partial charge in [0.15, 0.2) is 0 Å². The predicted molar refractivity (Wildman–Crippen MR) is 122 cm³/mol. The molecule has 0 heterocycles. The molecule has 5 rings (SSSR count). The van der Waals surface area contributed by atoms with Crippen LogP contribution in [-0.2, 0) is 0 Å². The van der Waals surface area contributed by atoms with Gasteiger partial charge >= 0.3 is 0 Å². The average molecular weight is 362 g/mol. The van der Waals surface area contributed by atoms with E-state index in [2.05, 4.69) is 72.0 Å². The van der Waals surface area contributed by atoms with Gasteiger partial charge in [0.25, 0.3) is 0 Å². The maximum atomic E-state index is 5.76. The van der Waals surface area contributed by atoms with Gasteiger partial charge in [-0.2, -0.15) is 0 Å². The zero-order valence-electron chi connectivity index (χ0n) is 15.5. The van der Waals surface area contributed by atoms with E-state index in [1.54, 1.807) is 0 Å². The highest BCUT2D eigenvalue weighted by molar-refractivity contribution is 5.95. The summed E-state index contributed by atoms with van der Waals surface area (Å²) in [5.41, 5.74) is 8.87. The fourth-order valence-electron chi connectivity index (χ4n) is 3.26. The van der Waals surface area contributed by atoms with Gasteiger partial charge in [0.05, 0.1) is 0 Å². The molecular weight excluding hydrogens is 340 g/mol. The van der Waals surface area contributed by atoms with E-state index < -0.39 is 0 Å². The normalized spacial score (nSPS) is 10.3. The lowest BCUT2D eigenvalue weighted by atomic mass is 10.1. The number of para-hydroxylation sites is 1. The van der Waals surface area contributed by atoms with Crippen LogP contribution in [-0.4, -0.2) is 0 Å². The molecule has 3 N–H and O–H groups in total. The summed E-state index contributed by atoms with van der Waals surface area (Å²) in [6.07, 6.45) is 0. The zero-order valence-corrected chi connectivity index (χ0v) is 15.5. The third kappa shape index (κ3) is 3.97. The minimum atomic E-state index is 0.850. The Bertz CT molecular complexity index is 1190. The summed E-state index contributed by atoms with van der Waals surface area (Å²) in [6, 6.07) is 39.0. The third-order valence-corrected chi connectivity index (χ3v) is 4.67. The van der Waals surface area contributed by atoms with Crippen LogP contribution in [0.3, 0.4) is 0 Å². The van der Waals surface area contributed by atoms with Crippen LogP contribution in [0, 0.1) is 0 Å². The van der Waals surface area contributed by atoms with Gasteiger partial charge in [-0.15, -0.1) is 0 Å². The lowest BCUT2D eigenvalue weighted by molar-refractivity contribution is 1.58. The van der Waals surface area contributed by atoms with Crippen molar-refractivity contribution in [3.05, 3.63) is 115 Å². The second-order valence-corrected chi connectivity index (χ2v) is 6.59. The third-order valence-electron chi connectivity index (χ3n) is 4.67. The van der Waals surface area contributed by atoms with E-state index in [1.807, 2.05) is 48.5 Å². The first-order chi connectivity index (χ1) is 13.8. The van der Waals surface area contributed by atoms with Crippen LogP contribution in [0.5, 0.6) is 0 Å². The number of nitrogens with two attached hydrogens (primary N) is 1. The first-order valence-corrected chi connectivity index (χ1v) is 9.34. The van der Waals surface area contributed by atoms with E-state index in [0.717, 1.165) is 22.4 Å². The molecule has 28 heavy (non-hydrogen) atoms. The summed E-state index contributed by atoms with van der Waals surface area (Å²) in [7, 11) is 0. The quantitative estimate of drug-likeness (QED) is 0.332. The molecule has 0 atom stereocenters. The standard InChI is InChI=1S/C16H13N.C10H9N/c1-2-9-14(10-3-1)17-16-12-6-8-13-7-4-5-11-15(13)16;11-10-7-3-5-8-4-1-2-6-9(8)10/h1-12,17H;1-7H,11H2. The molecule has 0 saturated heterocycles. The maximum absolute atomic E-state index is 5.76. The van der Waals surface area contributed by atoms with Crippen molar-refractivity contribution in [3.63, 3.8) is 0 Å². The first-order valence-electron chi connectivity index (χ1n) is 9.34. The molecule has 0 amide bonds. The number of rotatable bonds is 2. The van der Waals surface area contributed by atoms with E-state index in [9.17, 15) is 0 Å². The minimum Gasteiger partial charge on any atom is -0.398 e. The van der Waals surface area contributed by atoms with Crippen molar-refractivity contribution in [2.24, 2.45) is 0 Å². The van der Waals surface area contributed by atoms with Gasteiger partial charge in [-0.1, -0.05) is 91.0 Å². The van der Waals surface area contributed by atoms with Gasteiger partial charge in [-0.25, -0.2) is 0 Å². The van der Waals surface area contributed by atoms with Crippen LogP contribution in [0.4, 0.5) is 17.1 Å². The van der Waals surface area contributed by atoms with Crippen LogP contribution in [0.2, 0.25) is 0 Å². The number of hydrogen-bond acceptors (Lipinski definition) is 2. The Hall–Kier alpha value is -3.78. The molecule has 2 nitrogen and oxygen atoms in total. The largest absolute Gasteiger partial charge is 0.398 e. The number of hydrogen-bond donors (Lipinski definition) is 2. The molecule has 0 aliphatic carbocycles. The van der Waals surface area contributed by atoms with Crippen molar-refractivity contribution in [1.29, 1.82) is 0 Å². The van der Waals surface area contributed by atoms with Crippen molar-refractivity contribution in [2.45, 2.75) is 0 Å². The Morgan fingerprint density at radius 1 is 0.464 bits per heavy atom. The summed E-state index contributed by atoms with van der Waals surface area (Å²) in [4.78, 5) is 0. The molecule has 0 bridgehead atoms. The van der Waals surface area contributed by atoms with Gasteiger partial charge < -0.3 is 11.1 Å². The van der Waals surface area contributed by atoms with Crippen LogP contribution in [0.25, 0.3) is 21.5 Å². The van der Waals surface area contributed by atoms with Crippen LogP contribution in [0.15, 0.2) is 115 Å². The molecule has 0 spiro atoms. The predicted octanol–water partition coefficient (Wildman–Crippen LogP) is 7.01. The van der Waals surface area contributed by atoms with Crippen LogP contribution < -0.4 is 11.1 Å².